The summed E-state index contributed by atoms with van der Waals surface area (Å²) in [6.45, 7) is 8.38. The highest BCUT2D eigenvalue weighted by atomic mass is 79.9. The normalized spacial score (nSPS) is 11.2. The highest BCUT2D eigenvalue weighted by molar-refractivity contribution is 9.10. The number of ether oxygens (including phenoxy) is 1. The van der Waals surface area contributed by atoms with E-state index in [4.69, 9.17) is 4.74 Å². The van der Waals surface area contributed by atoms with Gasteiger partial charge in [0.15, 0.2) is 0 Å². The quantitative estimate of drug-likeness (QED) is 0.862. The Bertz CT molecular complexity index is 432. The topological polar surface area (TPSA) is 38.3 Å². The van der Waals surface area contributed by atoms with Crippen LogP contribution in [0, 0.1) is 19.3 Å². The first-order chi connectivity index (χ1) is 8.27. The van der Waals surface area contributed by atoms with E-state index >= 15 is 0 Å². The largest absolute Gasteiger partial charge is 0.469 e. The zero-order valence-electron chi connectivity index (χ0n) is 11.6. The molecule has 1 rings (SSSR count). The van der Waals surface area contributed by atoms with Crippen molar-refractivity contribution in [2.45, 2.75) is 27.7 Å². The summed E-state index contributed by atoms with van der Waals surface area (Å²) < 4.78 is 5.86. The molecule has 4 heteroatoms. The van der Waals surface area contributed by atoms with Crippen LogP contribution in [0.1, 0.15) is 25.0 Å². The molecule has 0 unspecified atom stereocenters. The molecule has 1 aromatic carbocycles. The molecule has 0 aromatic heterocycles. The van der Waals surface area contributed by atoms with E-state index < -0.39 is 5.41 Å². The lowest BCUT2D eigenvalue weighted by molar-refractivity contribution is -0.149. The summed E-state index contributed by atoms with van der Waals surface area (Å²) >= 11 is 3.47. The molecule has 0 aliphatic rings. The molecule has 3 nitrogen and oxygen atoms in total. The number of rotatable bonds is 4. The van der Waals surface area contributed by atoms with Gasteiger partial charge in [-0.15, -0.1) is 0 Å². The summed E-state index contributed by atoms with van der Waals surface area (Å²) in [6.07, 6.45) is 0. The molecular formula is C14H20BrNO2. The fourth-order valence-electron chi connectivity index (χ4n) is 1.85. The number of carbonyl (C=O) groups is 1. The smallest absolute Gasteiger partial charge is 0.313 e. The summed E-state index contributed by atoms with van der Waals surface area (Å²) in [5.74, 6) is -0.206. The Morgan fingerprint density at radius 1 is 1.33 bits per heavy atom. The minimum Gasteiger partial charge on any atom is -0.469 e. The second-order valence-corrected chi connectivity index (χ2v) is 6.06. The number of benzene rings is 1. The van der Waals surface area contributed by atoms with Crippen LogP contribution in [0.3, 0.4) is 0 Å². The Labute approximate surface area is 117 Å². The average molecular weight is 314 g/mol. The number of nitrogens with one attached hydrogen (secondary N) is 1. The van der Waals surface area contributed by atoms with Crippen LogP contribution in [0.15, 0.2) is 16.6 Å². The summed E-state index contributed by atoms with van der Waals surface area (Å²) in [5.41, 5.74) is 2.85. The molecule has 0 saturated heterocycles. The zero-order valence-corrected chi connectivity index (χ0v) is 13.1. The molecule has 0 atom stereocenters. The van der Waals surface area contributed by atoms with Gasteiger partial charge < -0.3 is 10.1 Å². The third-order valence-corrected chi connectivity index (χ3v) is 3.40. The second-order valence-electron chi connectivity index (χ2n) is 5.14. The van der Waals surface area contributed by atoms with E-state index in [1.54, 1.807) is 0 Å². The lowest BCUT2D eigenvalue weighted by Crippen LogP contribution is -2.33. The van der Waals surface area contributed by atoms with Crippen LogP contribution in [0.5, 0.6) is 0 Å². The van der Waals surface area contributed by atoms with E-state index in [2.05, 4.69) is 33.4 Å². The van der Waals surface area contributed by atoms with Gasteiger partial charge in [0.25, 0.3) is 0 Å². The number of esters is 1. The van der Waals surface area contributed by atoms with Gasteiger partial charge in [-0.05, 0) is 51.0 Å². The number of methoxy groups -OCH3 is 1. The number of halogens is 1. The number of hydrogen-bond acceptors (Lipinski definition) is 3. The van der Waals surface area contributed by atoms with Crippen molar-refractivity contribution < 1.29 is 9.53 Å². The fourth-order valence-corrected chi connectivity index (χ4v) is 2.53. The van der Waals surface area contributed by atoms with Crippen LogP contribution < -0.4 is 5.32 Å². The van der Waals surface area contributed by atoms with Crippen molar-refractivity contribution in [2.75, 3.05) is 19.0 Å². The minimum atomic E-state index is -0.541. The van der Waals surface area contributed by atoms with Gasteiger partial charge in [0.1, 0.15) is 0 Å². The van der Waals surface area contributed by atoms with Gasteiger partial charge in [0.05, 0.1) is 12.5 Å². The predicted molar refractivity (Wildman–Crippen MR) is 77.9 cm³/mol. The maximum absolute atomic E-state index is 11.6. The molecule has 0 radical (unpaired) electrons. The first-order valence-electron chi connectivity index (χ1n) is 5.87. The third kappa shape index (κ3) is 3.48. The van der Waals surface area contributed by atoms with Crippen LogP contribution in [-0.2, 0) is 9.53 Å². The molecule has 0 saturated carbocycles. The van der Waals surface area contributed by atoms with Crippen LogP contribution in [0.4, 0.5) is 5.69 Å². The van der Waals surface area contributed by atoms with Crippen molar-refractivity contribution >= 4 is 27.6 Å². The number of aryl methyl sites for hydroxylation is 2. The van der Waals surface area contributed by atoms with Crippen molar-refractivity contribution in [3.63, 3.8) is 0 Å². The second kappa shape index (κ2) is 5.74. The van der Waals surface area contributed by atoms with Gasteiger partial charge in [0, 0.05) is 16.7 Å². The molecule has 18 heavy (non-hydrogen) atoms. The van der Waals surface area contributed by atoms with E-state index in [0.29, 0.717) is 6.54 Å². The van der Waals surface area contributed by atoms with E-state index in [9.17, 15) is 4.79 Å². The van der Waals surface area contributed by atoms with Gasteiger partial charge in [-0.3, -0.25) is 4.79 Å². The maximum atomic E-state index is 11.6. The van der Waals surface area contributed by atoms with E-state index in [1.807, 2.05) is 27.7 Å². The zero-order chi connectivity index (χ0) is 13.9. The van der Waals surface area contributed by atoms with Crippen molar-refractivity contribution in [3.8, 4) is 0 Å². The van der Waals surface area contributed by atoms with Crippen LogP contribution >= 0.6 is 15.9 Å². The first kappa shape index (κ1) is 15.0. The van der Waals surface area contributed by atoms with Gasteiger partial charge >= 0.3 is 5.97 Å². The van der Waals surface area contributed by atoms with Gasteiger partial charge in [-0.1, -0.05) is 15.9 Å². The third-order valence-electron chi connectivity index (χ3n) is 2.94. The Morgan fingerprint density at radius 2 is 1.83 bits per heavy atom. The number of hydrogen-bond donors (Lipinski definition) is 1. The average Bonchev–Trinajstić information content (AvgIpc) is 2.26. The van der Waals surface area contributed by atoms with Crippen molar-refractivity contribution in [1.29, 1.82) is 0 Å². The standard InChI is InChI=1S/C14H20BrNO2/c1-9-6-11(15)7-10(2)12(9)16-8-14(3,4)13(17)18-5/h6-7,16H,8H2,1-5H3. The van der Waals surface area contributed by atoms with E-state index in [0.717, 1.165) is 21.3 Å². The number of carbonyl (C=O) groups excluding carboxylic acids is 1. The van der Waals surface area contributed by atoms with Crippen molar-refractivity contribution in [1.82, 2.24) is 0 Å². The number of anilines is 1. The van der Waals surface area contributed by atoms with Gasteiger partial charge in [0.2, 0.25) is 0 Å². The van der Waals surface area contributed by atoms with Crippen LogP contribution in [-0.4, -0.2) is 19.6 Å². The van der Waals surface area contributed by atoms with E-state index in [-0.39, 0.29) is 5.97 Å². The molecule has 0 spiro atoms. The van der Waals surface area contributed by atoms with Gasteiger partial charge in [-0.25, -0.2) is 0 Å². The maximum Gasteiger partial charge on any atom is 0.313 e. The van der Waals surface area contributed by atoms with Crippen molar-refractivity contribution in [3.05, 3.63) is 27.7 Å². The lowest BCUT2D eigenvalue weighted by Gasteiger charge is -2.24. The molecule has 0 amide bonds. The Morgan fingerprint density at radius 3 is 2.28 bits per heavy atom. The summed E-state index contributed by atoms with van der Waals surface area (Å²) in [5, 5.41) is 3.34. The van der Waals surface area contributed by atoms with E-state index in [1.165, 1.54) is 7.11 Å². The Balaban J connectivity index is 2.84. The molecule has 0 bridgehead atoms. The summed E-state index contributed by atoms with van der Waals surface area (Å²) in [6, 6.07) is 4.11. The SMILES string of the molecule is COC(=O)C(C)(C)CNc1c(C)cc(Br)cc1C. The summed E-state index contributed by atoms with van der Waals surface area (Å²) in [7, 11) is 1.42. The molecular weight excluding hydrogens is 294 g/mol. The highest BCUT2D eigenvalue weighted by Crippen LogP contribution is 2.27. The predicted octanol–water partition coefficient (Wildman–Crippen LogP) is 3.68. The summed E-state index contributed by atoms with van der Waals surface area (Å²) in [4.78, 5) is 11.6. The minimum absolute atomic E-state index is 0.206. The molecule has 0 fully saturated rings. The first-order valence-corrected chi connectivity index (χ1v) is 6.66. The molecule has 100 valence electrons. The Kier molecular flexibility index (Phi) is 4.79. The molecule has 0 heterocycles. The monoisotopic (exact) mass is 313 g/mol. The Hall–Kier alpha value is -1.03. The van der Waals surface area contributed by atoms with Crippen molar-refractivity contribution in [2.24, 2.45) is 5.41 Å². The van der Waals surface area contributed by atoms with Gasteiger partial charge in [-0.2, -0.15) is 0 Å². The highest BCUT2D eigenvalue weighted by Gasteiger charge is 2.28. The molecule has 0 aliphatic carbocycles. The molecule has 1 N–H and O–H groups in total. The fraction of sp³-hybridized carbons (Fsp3) is 0.500. The van der Waals surface area contributed by atoms with Crippen LogP contribution in [0.25, 0.3) is 0 Å². The molecule has 1 aromatic rings. The van der Waals surface area contributed by atoms with Crippen LogP contribution in [0.2, 0.25) is 0 Å². The molecule has 0 aliphatic heterocycles. The lowest BCUT2D eigenvalue weighted by atomic mass is 9.93.